The van der Waals surface area contributed by atoms with E-state index >= 15 is 0 Å². The van der Waals surface area contributed by atoms with Crippen LogP contribution in [0.5, 0.6) is 0 Å². The van der Waals surface area contributed by atoms with Crippen molar-refractivity contribution in [2.24, 2.45) is 0 Å². The van der Waals surface area contributed by atoms with Crippen LogP contribution in [0.15, 0.2) is 45.5 Å². The van der Waals surface area contributed by atoms with Gasteiger partial charge in [-0.2, -0.15) is 0 Å². The molecule has 1 aromatic heterocycles. The number of benzene rings is 1. The minimum absolute atomic E-state index is 0.0490. The van der Waals surface area contributed by atoms with Gasteiger partial charge >= 0.3 is 5.97 Å². The number of furan rings is 1. The van der Waals surface area contributed by atoms with E-state index in [-0.39, 0.29) is 16.4 Å². The number of nitro groups is 1. The smallest absolute Gasteiger partial charge is 0.331 e. The van der Waals surface area contributed by atoms with Crippen LogP contribution in [0, 0.1) is 10.1 Å². The summed E-state index contributed by atoms with van der Waals surface area (Å²) in [6.07, 6.45) is 2.47. The molecule has 25 heavy (non-hydrogen) atoms. The summed E-state index contributed by atoms with van der Waals surface area (Å²) in [5, 5.41) is 13.2. The molecule has 0 radical (unpaired) electrons. The van der Waals surface area contributed by atoms with Gasteiger partial charge in [-0.15, -0.1) is 0 Å². The van der Waals surface area contributed by atoms with Gasteiger partial charge in [0, 0.05) is 18.2 Å². The molecule has 1 aromatic carbocycles. The lowest BCUT2D eigenvalue weighted by Gasteiger charge is -2.07. The monoisotopic (exact) mass is 428 g/mol. The third kappa shape index (κ3) is 5.73. The molecule has 0 saturated carbocycles. The Bertz CT molecular complexity index is 848. The number of non-ortho nitro benzene ring substituents is 1. The summed E-state index contributed by atoms with van der Waals surface area (Å²) in [5.41, 5.74) is -0.183. The molecular weight excluding hydrogens is 420 g/mol. The Balaban J connectivity index is 1.88. The Morgan fingerprint density at radius 2 is 2.12 bits per heavy atom. The van der Waals surface area contributed by atoms with Gasteiger partial charge in [-0.05, 0) is 40.2 Å². The lowest BCUT2D eigenvalue weighted by molar-refractivity contribution is -0.384. The Hall–Kier alpha value is -2.65. The minimum atomic E-state index is -0.757. The summed E-state index contributed by atoms with van der Waals surface area (Å²) < 4.78 is 10.4. The predicted molar refractivity (Wildman–Crippen MR) is 93.1 cm³/mol. The predicted octanol–water partition coefficient (Wildman–Crippen LogP) is 3.80. The summed E-state index contributed by atoms with van der Waals surface area (Å²) in [7, 11) is 0. The second kappa shape index (κ2) is 8.45. The van der Waals surface area contributed by atoms with Crippen molar-refractivity contribution in [2.45, 2.75) is 0 Å². The zero-order valence-electron chi connectivity index (χ0n) is 12.4. The number of carbonyl (C=O) groups is 2. The summed E-state index contributed by atoms with van der Waals surface area (Å²) in [6.45, 7) is -0.579. The fraction of sp³-hybridized carbons (Fsp3) is 0.0667. The Kier molecular flexibility index (Phi) is 6.31. The fourth-order valence-corrected chi connectivity index (χ4v) is 2.15. The van der Waals surface area contributed by atoms with Gasteiger partial charge in [0.25, 0.3) is 11.6 Å². The van der Waals surface area contributed by atoms with Crippen molar-refractivity contribution in [3.63, 3.8) is 0 Å². The Morgan fingerprint density at radius 1 is 1.36 bits per heavy atom. The SMILES string of the molecule is O=C(COC(=O)C=Cc1ccc(Br)o1)Nc1cc([N+](=O)[O-])ccc1Cl. The van der Waals surface area contributed by atoms with Gasteiger partial charge in [-0.3, -0.25) is 14.9 Å². The molecule has 0 aliphatic rings. The van der Waals surface area contributed by atoms with Gasteiger partial charge in [0.05, 0.1) is 15.6 Å². The quantitative estimate of drug-likeness (QED) is 0.323. The highest BCUT2D eigenvalue weighted by Gasteiger charge is 2.13. The lowest BCUT2D eigenvalue weighted by Crippen LogP contribution is -2.20. The number of amides is 1. The maximum atomic E-state index is 11.8. The molecule has 0 unspecified atom stereocenters. The largest absolute Gasteiger partial charge is 0.452 e. The maximum Gasteiger partial charge on any atom is 0.331 e. The highest BCUT2D eigenvalue weighted by atomic mass is 79.9. The van der Waals surface area contributed by atoms with E-state index < -0.39 is 23.4 Å². The van der Waals surface area contributed by atoms with Crippen LogP contribution in [0.4, 0.5) is 11.4 Å². The van der Waals surface area contributed by atoms with Crippen LogP contribution in [-0.4, -0.2) is 23.4 Å². The molecule has 2 aromatic rings. The summed E-state index contributed by atoms with van der Waals surface area (Å²) in [6, 6.07) is 6.88. The second-order valence-corrected chi connectivity index (χ2v) is 5.74. The highest BCUT2D eigenvalue weighted by Crippen LogP contribution is 2.26. The van der Waals surface area contributed by atoms with Crippen molar-refractivity contribution in [1.82, 2.24) is 0 Å². The van der Waals surface area contributed by atoms with Gasteiger partial charge in [-0.1, -0.05) is 11.6 Å². The topological polar surface area (TPSA) is 112 Å². The van der Waals surface area contributed by atoms with Crippen molar-refractivity contribution in [2.75, 3.05) is 11.9 Å². The number of halogens is 2. The first-order valence-electron chi connectivity index (χ1n) is 6.69. The lowest BCUT2D eigenvalue weighted by atomic mass is 10.3. The van der Waals surface area contributed by atoms with E-state index in [9.17, 15) is 19.7 Å². The molecule has 8 nitrogen and oxygen atoms in total. The van der Waals surface area contributed by atoms with Gasteiger partial charge in [0.2, 0.25) is 0 Å². The number of carbonyl (C=O) groups excluding carboxylic acids is 2. The highest BCUT2D eigenvalue weighted by molar-refractivity contribution is 9.10. The van der Waals surface area contributed by atoms with E-state index in [0.29, 0.717) is 10.4 Å². The van der Waals surface area contributed by atoms with Crippen molar-refractivity contribution in [3.8, 4) is 0 Å². The molecule has 1 N–H and O–H groups in total. The molecule has 10 heteroatoms. The molecule has 1 heterocycles. The molecule has 1 amide bonds. The molecule has 0 saturated heterocycles. The number of hydrogen-bond acceptors (Lipinski definition) is 6. The van der Waals surface area contributed by atoms with Crippen LogP contribution in [0.1, 0.15) is 5.76 Å². The van der Waals surface area contributed by atoms with Crippen LogP contribution in [0.2, 0.25) is 5.02 Å². The third-order valence-corrected chi connectivity index (χ3v) is 3.51. The average Bonchev–Trinajstić information content (AvgIpc) is 2.98. The van der Waals surface area contributed by atoms with Crippen molar-refractivity contribution < 1.29 is 23.7 Å². The molecule has 0 spiro atoms. The van der Waals surface area contributed by atoms with E-state index in [1.165, 1.54) is 18.2 Å². The number of nitrogens with zero attached hydrogens (tertiary/aromatic N) is 1. The van der Waals surface area contributed by atoms with Crippen molar-refractivity contribution >= 4 is 56.9 Å². The normalized spacial score (nSPS) is 10.6. The number of esters is 1. The third-order valence-electron chi connectivity index (χ3n) is 2.76. The van der Waals surface area contributed by atoms with E-state index in [4.69, 9.17) is 20.8 Å². The molecule has 0 bridgehead atoms. The number of anilines is 1. The van der Waals surface area contributed by atoms with E-state index in [2.05, 4.69) is 21.2 Å². The first-order valence-corrected chi connectivity index (χ1v) is 7.86. The first-order chi connectivity index (χ1) is 11.8. The number of nitro benzene ring substituents is 1. The van der Waals surface area contributed by atoms with Crippen molar-refractivity contribution in [1.29, 1.82) is 0 Å². The van der Waals surface area contributed by atoms with Gasteiger partial charge in [0.15, 0.2) is 11.3 Å². The van der Waals surface area contributed by atoms with E-state index in [1.54, 1.807) is 12.1 Å². The minimum Gasteiger partial charge on any atom is -0.452 e. The Labute approximate surface area is 154 Å². The van der Waals surface area contributed by atoms with E-state index in [0.717, 1.165) is 12.1 Å². The molecule has 2 rings (SSSR count). The van der Waals surface area contributed by atoms with Gasteiger partial charge < -0.3 is 14.5 Å². The molecule has 0 fully saturated rings. The fourth-order valence-electron chi connectivity index (χ4n) is 1.66. The summed E-state index contributed by atoms with van der Waals surface area (Å²) in [5.74, 6) is -1.02. The van der Waals surface area contributed by atoms with Crippen LogP contribution in [0.3, 0.4) is 0 Å². The number of hydrogen-bond donors (Lipinski definition) is 1. The molecule has 130 valence electrons. The maximum absolute atomic E-state index is 11.8. The molecule has 0 aliphatic carbocycles. The molecule has 0 atom stereocenters. The first kappa shape index (κ1) is 18.7. The zero-order valence-corrected chi connectivity index (χ0v) is 14.7. The van der Waals surface area contributed by atoms with Crippen LogP contribution in [0.25, 0.3) is 6.08 Å². The number of ether oxygens (including phenoxy) is 1. The van der Waals surface area contributed by atoms with Gasteiger partial charge in [-0.25, -0.2) is 4.79 Å². The van der Waals surface area contributed by atoms with Crippen LogP contribution < -0.4 is 5.32 Å². The molecular formula is C15H10BrClN2O6. The van der Waals surface area contributed by atoms with E-state index in [1.807, 2.05) is 0 Å². The number of nitrogens with one attached hydrogen (secondary N) is 1. The second-order valence-electron chi connectivity index (χ2n) is 4.55. The summed E-state index contributed by atoms with van der Waals surface area (Å²) in [4.78, 5) is 33.4. The Morgan fingerprint density at radius 3 is 2.76 bits per heavy atom. The standard InChI is InChI=1S/C15H10BrClN2O6/c16-13-5-2-10(25-13)3-6-15(21)24-8-14(20)18-12-7-9(19(22)23)1-4-11(12)17/h1-7H,8H2,(H,18,20). The van der Waals surface area contributed by atoms with Crippen LogP contribution in [-0.2, 0) is 14.3 Å². The van der Waals surface area contributed by atoms with Crippen molar-refractivity contribution in [3.05, 3.63) is 62.0 Å². The number of rotatable bonds is 6. The molecule has 0 aliphatic heterocycles. The average molecular weight is 430 g/mol. The summed E-state index contributed by atoms with van der Waals surface area (Å²) >= 11 is 8.97. The van der Waals surface area contributed by atoms with Crippen LogP contribution >= 0.6 is 27.5 Å². The zero-order chi connectivity index (χ0) is 18.4. The van der Waals surface area contributed by atoms with Gasteiger partial charge in [0.1, 0.15) is 5.76 Å².